The summed E-state index contributed by atoms with van der Waals surface area (Å²) in [6, 6.07) is 0. The zero-order chi connectivity index (χ0) is 11.3. The molecule has 0 radical (unpaired) electrons. The second-order valence-electron chi connectivity index (χ2n) is 3.82. The Morgan fingerprint density at radius 1 is 1.73 bits per heavy atom. The molecular formula is C10H20N2OS2. The molecule has 0 spiro atoms. The maximum Gasteiger partial charge on any atom is 0.156 e. The van der Waals surface area contributed by atoms with Gasteiger partial charge in [0.05, 0.1) is 6.54 Å². The third-order valence-corrected chi connectivity index (χ3v) is 5.25. The highest BCUT2D eigenvalue weighted by Crippen LogP contribution is 2.21. The van der Waals surface area contributed by atoms with Crippen molar-refractivity contribution in [2.45, 2.75) is 37.2 Å². The molecule has 3 nitrogen and oxygen atoms in total. The Morgan fingerprint density at radius 2 is 2.47 bits per heavy atom. The van der Waals surface area contributed by atoms with E-state index in [1.54, 1.807) is 6.26 Å². The van der Waals surface area contributed by atoms with Gasteiger partial charge in [0.2, 0.25) is 0 Å². The Labute approximate surface area is 99.0 Å². The first-order chi connectivity index (χ1) is 7.13. The summed E-state index contributed by atoms with van der Waals surface area (Å²) in [5.41, 5.74) is 0. The normalized spacial score (nSPS) is 24.7. The molecule has 1 aliphatic rings. The molecule has 88 valence electrons. The van der Waals surface area contributed by atoms with Gasteiger partial charge in [0.25, 0.3) is 0 Å². The van der Waals surface area contributed by atoms with Crippen LogP contribution in [0.25, 0.3) is 0 Å². The fourth-order valence-corrected chi connectivity index (χ4v) is 2.69. The molecule has 0 aromatic carbocycles. The van der Waals surface area contributed by atoms with E-state index in [0.717, 1.165) is 24.7 Å². The van der Waals surface area contributed by atoms with Gasteiger partial charge in [-0.15, -0.1) is 0 Å². The number of rotatable bonds is 5. The Morgan fingerprint density at radius 3 is 3.00 bits per heavy atom. The first-order valence-electron chi connectivity index (χ1n) is 5.40. The number of nitrogens with zero attached hydrogens (tertiary/aromatic N) is 1. The van der Waals surface area contributed by atoms with Crippen molar-refractivity contribution in [3.8, 4) is 0 Å². The summed E-state index contributed by atoms with van der Waals surface area (Å²) in [5.74, 6) is 0. The number of hydrogen-bond acceptors (Lipinski definition) is 4. The average molecular weight is 248 g/mol. The molecule has 0 bridgehead atoms. The smallest absolute Gasteiger partial charge is 0.156 e. The zero-order valence-electron chi connectivity index (χ0n) is 9.66. The lowest BCUT2D eigenvalue weighted by Gasteiger charge is -2.10. The van der Waals surface area contributed by atoms with Gasteiger partial charge in [0.15, 0.2) is 5.17 Å². The van der Waals surface area contributed by atoms with Gasteiger partial charge < -0.3 is 5.32 Å². The molecule has 1 N–H and O–H groups in total. The number of amidine groups is 1. The van der Waals surface area contributed by atoms with Gasteiger partial charge >= 0.3 is 0 Å². The predicted octanol–water partition coefficient (Wildman–Crippen LogP) is 1.61. The Balaban J connectivity index is 2.14. The molecule has 0 aromatic rings. The van der Waals surface area contributed by atoms with Gasteiger partial charge in [-0.3, -0.25) is 9.20 Å². The molecule has 1 aliphatic heterocycles. The minimum Gasteiger partial charge on any atom is -0.365 e. The standard InChI is InChI=1S/C10H20N2OS2/c1-4-9-7-12-10(14-9)11-6-5-8(2)15(3)13/h8-9H,4-7H2,1-3H3,(H,11,12). The van der Waals surface area contributed by atoms with Crippen LogP contribution in [0, 0.1) is 0 Å². The Kier molecular flexibility index (Phi) is 5.68. The first kappa shape index (κ1) is 13.0. The molecule has 0 saturated carbocycles. The molecule has 1 rings (SSSR count). The average Bonchev–Trinajstić information content (AvgIpc) is 2.65. The molecular weight excluding hydrogens is 228 g/mol. The molecule has 3 unspecified atom stereocenters. The second kappa shape index (κ2) is 6.53. The molecule has 5 heteroatoms. The third-order valence-electron chi connectivity index (χ3n) is 2.57. The van der Waals surface area contributed by atoms with Crippen LogP contribution in [0.1, 0.15) is 26.7 Å². The number of thioether (sulfide) groups is 1. The Hall–Kier alpha value is -0.0300. The summed E-state index contributed by atoms with van der Waals surface area (Å²) in [5, 5.41) is 5.30. The monoisotopic (exact) mass is 248 g/mol. The molecule has 0 aliphatic carbocycles. The lowest BCUT2D eigenvalue weighted by molar-refractivity contribution is 0.666. The van der Waals surface area contributed by atoms with Crippen LogP contribution in [0.4, 0.5) is 0 Å². The van der Waals surface area contributed by atoms with Crippen molar-refractivity contribution in [3.05, 3.63) is 0 Å². The minimum atomic E-state index is -0.709. The summed E-state index contributed by atoms with van der Waals surface area (Å²) in [4.78, 5) is 4.42. The van der Waals surface area contributed by atoms with Crippen molar-refractivity contribution in [2.75, 3.05) is 19.3 Å². The molecule has 0 fully saturated rings. The van der Waals surface area contributed by atoms with Crippen LogP contribution in [-0.2, 0) is 10.8 Å². The summed E-state index contributed by atoms with van der Waals surface area (Å²) >= 11 is 1.83. The van der Waals surface area contributed by atoms with E-state index in [9.17, 15) is 4.21 Å². The summed E-state index contributed by atoms with van der Waals surface area (Å²) in [6.07, 6.45) is 3.88. The van der Waals surface area contributed by atoms with Crippen LogP contribution < -0.4 is 5.32 Å². The molecule has 0 amide bonds. The van der Waals surface area contributed by atoms with Gasteiger partial charge in [-0.1, -0.05) is 25.6 Å². The topological polar surface area (TPSA) is 41.5 Å². The van der Waals surface area contributed by atoms with Crippen LogP contribution in [0.15, 0.2) is 4.99 Å². The van der Waals surface area contributed by atoms with Crippen molar-refractivity contribution in [3.63, 3.8) is 0 Å². The summed E-state index contributed by atoms with van der Waals surface area (Å²) in [7, 11) is -0.709. The van der Waals surface area contributed by atoms with Gasteiger partial charge in [0, 0.05) is 34.1 Å². The van der Waals surface area contributed by atoms with E-state index >= 15 is 0 Å². The summed E-state index contributed by atoms with van der Waals surface area (Å²) < 4.78 is 11.1. The second-order valence-corrected chi connectivity index (χ2v) is 6.91. The van der Waals surface area contributed by atoms with Crippen molar-refractivity contribution in [1.82, 2.24) is 5.32 Å². The van der Waals surface area contributed by atoms with E-state index in [0.29, 0.717) is 5.25 Å². The number of aliphatic imine (C=N–C) groups is 1. The molecule has 0 saturated heterocycles. The predicted molar refractivity (Wildman–Crippen MR) is 70.1 cm³/mol. The first-order valence-corrected chi connectivity index (χ1v) is 7.90. The third kappa shape index (κ3) is 4.55. The van der Waals surface area contributed by atoms with Crippen molar-refractivity contribution in [1.29, 1.82) is 0 Å². The number of nitrogens with one attached hydrogen (secondary N) is 1. The SMILES string of the molecule is CCC1CN=C(NCCC(C)S(C)=O)S1. The van der Waals surface area contributed by atoms with Crippen molar-refractivity contribution < 1.29 is 4.21 Å². The van der Waals surface area contributed by atoms with Crippen LogP contribution in [0.5, 0.6) is 0 Å². The van der Waals surface area contributed by atoms with Gasteiger partial charge in [-0.25, -0.2) is 0 Å². The minimum absolute atomic E-state index is 0.270. The highest BCUT2D eigenvalue weighted by molar-refractivity contribution is 8.14. The van der Waals surface area contributed by atoms with Crippen LogP contribution in [0.2, 0.25) is 0 Å². The fraction of sp³-hybridized carbons (Fsp3) is 0.900. The Bertz CT molecular complexity index is 256. The van der Waals surface area contributed by atoms with Gasteiger partial charge in [-0.2, -0.15) is 0 Å². The van der Waals surface area contributed by atoms with Crippen LogP contribution in [-0.4, -0.2) is 39.2 Å². The van der Waals surface area contributed by atoms with E-state index in [2.05, 4.69) is 17.2 Å². The van der Waals surface area contributed by atoms with Crippen molar-refractivity contribution >= 4 is 27.7 Å². The highest BCUT2D eigenvalue weighted by Gasteiger charge is 2.17. The quantitative estimate of drug-likeness (QED) is 0.804. The van der Waals surface area contributed by atoms with Crippen molar-refractivity contribution in [2.24, 2.45) is 4.99 Å². The van der Waals surface area contributed by atoms with Gasteiger partial charge in [-0.05, 0) is 12.8 Å². The molecule has 0 aromatic heterocycles. The maximum absolute atomic E-state index is 11.1. The van der Waals surface area contributed by atoms with E-state index in [-0.39, 0.29) is 5.25 Å². The lowest BCUT2D eigenvalue weighted by Crippen LogP contribution is -2.24. The van der Waals surface area contributed by atoms with E-state index in [4.69, 9.17) is 0 Å². The number of hydrogen-bond donors (Lipinski definition) is 1. The zero-order valence-corrected chi connectivity index (χ0v) is 11.3. The van der Waals surface area contributed by atoms with E-state index in [1.807, 2.05) is 18.7 Å². The van der Waals surface area contributed by atoms with E-state index in [1.165, 1.54) is 6.42 Å². The van der Waals surface area contributed by atoms with Crippen LogP contribution >= 0.6 is 11.8 Å². The molecule has 3 atom stereocenters. The maximum atomic E-state index is 11.1. The highest BCUT2D eigenvalue weighted by atomic mass is 32.2. The fourth-order valence-electron chi connectivity index (χ4n) is 1.28. The van der Waals surface area contributed by atoms with Gasteiger partial charge in [0.1, 0.15) is 0 Å². The summed E-state index contributed by atoms with van der Waals surface area (Å²) in [6.45, 7) is 6.04. The largest absolute Gasteiger partial charge is 0.365 e. The van der Waals surface area contributed by atoms with Crippen LogP contribution in [0.3, 0.4) is 0 Å². The lowest BCUT2D eigenvalue weighted by atomic mass is 10.3. The van der Waals surface area contributed by atoms with E-state index < -0.39 is 10.8 Å². The molecule has 1 heterocycles. The molecule has 15 heavy (non-hydrogen) atoms.